The fourth-order valence-electron chi connectivity index (χ4n) is 1.11. The summed E-state index contributed by atoms with van der Waals surface area (Å²) in [6.07, 6.45) is 3.99. The first kappa shape index (κ1) is 19.2. The van der Waals surface area contributed by atoms with Crippen molar-refractivity contribution in [3.63, 3.8) is 0 Å². The molecule has 0 rings (SSSR count). The lowest BCUT2D eigenvalue weighted by Crippen LogP contribution is -2.16. The Morgan fingerprint density at radius 2 is 1.65 bits per heavy atom. The van der Waals surface area contributed by atoms with Gasteiger partial charge in [-0.3, -0.25) is 4.55 Å². The summed E-state index contributed by atoms with van der Waals surface area (Å²) < 4.78 is 33.6. The van der Waals surface area contributed by atoms with Crippen LogP contribution in [0.4, 0.5) is 0 Å². The molecule has 0 radical (unpaired) electrons. The van der Waals surface area contributed by atoms with Crippen LogP contribution in [0.25, 0.3) is 0 Å². The van der Waals surface area contributed by atoms with Gasteiger partial charge in [-0.2, -0.15) is 8.42 Å². The molecule has 0 saturated carbocycles. The molecule has 0 heterocycles. The van der Waals surface area contributed by atoms with Crippen molar-refractivity contribution in [1.82, 2.24) is 4.90 Å². The van der Waals surface area contributed by atoms with Crippen LogP contribution < -0.4 is 0 Å². The molecule has 0 saturated heterocycles. The van der Waals surface area contributed by atoms with Crippen LogP contribution in [0.3, 0.4) is 0 Å². The molecule has 5 nitrogen and oxygen atoms in total. The molecule has 0 aliphatic heterocycles. The van der Waals surface area contributed by atoms with Crippen molar-refractivity contribution >= 4 is 10.4 Å². The Hall–Kier alpha value is -0.170. The maximum Gasteiger partial charge on any atom is 0.397 e. The van der Waals surface area contributed by atoms with E-state index < -0.39 is 10.4 Å². The lowest BCUT2D eigenvalue weighted by atomic mass is 10.1. The van der Waals surface area contributed by atoms with Crippen LogP contribution in [0.1, 0.15) is 46.0 Å². The second kappa shape index (κ2) is 11.0. The van der Waals surface area contributed by atoms with Crippen molar-refractivity contribution in [2.45, 2.75) is 52.1 Å². The Balaban J connectivity index is 0. The SMILES string of the molecule is CCCCCC(CC)OS(=O)(=O)O.CN(C)C. The molecule has 0 spiro atoms. The predicted molar refractivity (Wildman–Crippen MR) is 70.5 cm³/mol. The molecule has 1 atom stereocenters. The fourth-order valence-corrected chi connectivity index (χ4v) is 1.69. The molecular formula is C11H27NO4S. The lowest BCUT2D eigenvalue weighted by Gasteiger charge is -2.12. The van der Waals surface area contributed by atoms with Gasteiger partial charge in [-0.15, -0.1) is 0 Å². The number of unbranched alkanes of at least 4 members (excludes halogenated alkanes) is 2. The zero-order valence-corrected chi connectivity index (χ0v) is 12.5. The monoisotopic (exact) mass is 269 g/mol. The number of hydrogen-bond donors (Lipinski definition) is 1. The summed E-state index contributed by atoms with van der Waals surface area (Å²) in [5, 5.41) is 0. The average molecular weight is 269 g/mol. The zero-order chi connectivity index (χ0) is 13.9. The molecular weight excluding hydrogens is 242 g/mol. The maximum absolute atomic E-state index is 10.4. The molecule has 1 unspecified atom stereocenters. The van der Waals surface area contributed by atoms with Crippen molar-refractivity contribution in [3.05, 3.63) is 0 Å². The van der Waals surface area contributed by atoms with Crippen molar-refractivity contribution in [3.8, 4) is 0 Å². The molecule has 106 valence electrons. The molecule has 0 aromatic rings. The first-order valence-electron chi connectivity index (χ1n) is 5.99. The average Bonchev–Trinajstić information content (AvgIpc) is 2.13. The smallest absolute Gasteiger partial charge is 0.312 e. The second-order valence-electron chi connectivity index (χ2n) is 4.39. The molecule has 0 fully saturated rings. The van der Waals surface area contributed by atoms with Crippen LogP contribution in [0.2, 0.25) is 0 Å². The van der Waals surface area contributed by atoms with E-state index in [0.29, 0.717) is 12.8 Å². The maximum atomic E-state index is 10.4. The van der Waals surface area contributed by atoms with Gasteiger partial charge in [0.25, 0.3) is 0 Å². The summed E-state index contributed by atoms with van der Waals surface area (Å²) in [5.74, 6) is 0. The van der Waals surface area contributed by atoms with Gasteiger partial charge in [-0.05, 0) is 34.0 Å². The van der Waals surface area contributed by atoms with Gasteiger partial charge in [0.05, 0.1) is 6.10 Å². The molecule has 6 heteroatoms. The first-order chi connectivity index (χ1) is 7.72. The summed E-state index contributed by atoms with van der Waals surface area (Å²) in [6.45, 7) is 3.91. The summed E-state index contributed by atoms with van der Waals surface area (Å²) in [6, 6.07) is 0. The van der Waals surface area contributed by atoms with Crippen molar-refractivity contribution < 1.29 is 17.2 Å². The van der Waals surface area contributed by atoms with Crippen molar-refractivity contribution in [1.29, 1.82) is 0 Å². The minimum atomic E-state index is -4.27. The third-order valence-electron chi connectivity index (χ3n) is 1.84. The van der Waals surface area contributed by atoms with E-state index in [2.05, 4.69) is 11.1 Å². The number of rotatable bonds is 7. The minimum absolute atomic E-state index is 0.374. The molecule has 0 amide bonds. The van der Waals surface area contributed by atoms with Crippen LogP contribution >= 0.6 is 0 Å². The van der Waals surface area contributed by atoms with Crippen LogP contribution in [-0.4, -0.2) is 45.1 Å². The number of nitrogens with zero attached hydrogens (tertiary/aromatic N) is 1. The third kappa shape index (κ3) is 21.6. The van der Waals surface area contributed by atoms with Crippen LogP contribution in [0.5, 0.6) is 0 Å². The van der Waals surface area contributed by atoms with Gasteiger partial charge in [-0.1, -0.05) is 33.1 Å². The largest absolute Gasteiger partial charge is 0.397 e. The van der Waals surface area contributed by atoms with E-state index in [1.165, 1.54) is 0 Å². The highest BCUT2D eigenvalue weighted by molar-refractivity contribution is 7.80. The van der Waals surface area contributed by atoms with E-state index in [4.69, 9.17) is 4.55 Å². The fraction of sp³-hybridized carbons (Fsp3) is 1.00. The minimum Gasteiger partial charge on any atom is -0.312 e. The summed E-state index contributed by atoms with van der Waals surface area (Å²) >= 11 is 0. The molecule has 0 aliphatic carbocycles. The Labute approximate surface area is 106 Å². The van der Waals surface area contributed by atoms with Crippen LogP contribution in [0.15, 0.2) is 0 Å². The highest BCUT2D eigenvalue weighted by Crippen LogP contribution is 2.11. The Bertz CT molecular complexity index is 249. The van der Waals surface area contributed by atoms with Crippen molar-refractivity contribution in [2.24, 2.45) is 0 Å². The summed E-state index contributed by atoms with van der Waals surface area (Å²) in [5.41, 5.74) is 0. The van der Waals surface area contributed by atoms with E-state index in [-0.39, 0.29) is 6.10 Å². The predicted octanol–water partition coefficient (Wildman–Crippen LogP) is 2.34. The van der Waals surface area contributed by atoms with E-state index in [9.17, 15) is 8.42 Å². The molecule has 0 aromatic carbocycles. The Morgan fingerprint density at radius 3 is 1.94 bits per heavy atom. The Kier molecular flexibility index (Phi) is 12.4. The molecule has 0 aromatic heterocycles. The van der Waals surface area contributed by atoms with Gasteiger partial charge in [0.15, 0.2) is 0 Å². The van der Waals surface area contributed by atoms with E-state index in [1.807, 2.05) is 33.0 Å². The van der Waals surface area contributed by atoms with Gasteiger partial charge in [0.2, 0.25) is 0 Å². The van der Waals surface area contributed by atoms with Gasteiger partial charge >= 0.3 is 10.4 Å². The van der Waals surface area contributed by atoms with E-state index in [0.717, 1.165) is 19.3 Å². The molecule has 0 aliphatic rings. The molecule has 0 bridgehead atoms. The first-order valence-corrected chi connectivity index (χ1v) is 7.36. The van der Waals surface area contributed by atoms with Crippen molar-refractivity contribution in [2.75, 3.05) is 21.1 Å². The third-order valence-corrected chi connectivity index (χ3v) is 2.36. The van der Waals surface area contributed by atoms with Gasteiger partial charge in [0, 0.05) is 0 Å². The van der Waals surface area contributed by atoms with E-state index >= 15 is 0 Å². The zero-order valence-electron chi connectivity index (χ0n) is 11.6. The molecule has 17 heavy (non-hydrogen) atoms. The quantitative estimate of drug-likeness (QED) is 0.567. The second-order valence-corrected chi connectivity index (χ2v) is 5.44. The standard InChI is InChI=1S/C8H18O4S.C3H9N/c1-3-5-6-7-8(4-2)12-13(9,10)11;1-4(2)3/h8H,3-7H2,1-2H3,(H,9,10,11);1-3H3. The summed E-state index contributed by atoms with van der Waals surface area (Å²) in [7, 11) is 1.73. The van der Waals surface area contributed by atoms with E-state index in [1.54, 1.807) is 0 Å². The Morgan fingerprint density at radius 1 is 1.18 bits per heavy atom. The number of hydrogen-bond acceptors (Lipinski definition) is 4. The highest BCUT2D eigenvalue weighted by Gasteiger charge is 2.14. The van der Waals surface area contributed by atoms with Gasteiger partial charge < -0.3 is 4.90 Å². The van der Waals surface area contributed by atoms with Crippen LogP contribution in [-0.2, 0) is 14.6 Å². The normalized spacial score (nSPS) is 13.1. The molecule has 1 N–H and O–H groups in total. The van der Waals surface area contributed by atoms with Gasteiger partial charge in [-0.25, -0.2) is 4.18 Å². The summed E-state index contributed by atoms with van der Waals surface area (Å²) in [4.78, 5) is 2.00. The van der Waals surface area contributed by atoms with Crippen LogP contribution in [0, 0.1) is 0 Å². The topological polar surface area (TPSA) is 66.8 Å². The highest BCUT2D eigenvalue weighted by atomic mass is 32.3. The van der Waals surface area contributed by atoms with Gasteiger partial charge in [0.1, 0.15) is 0 Å². The lowest BCUT2D eigenvalue weighted by molar-refractivity contribution is 0.165.